The molecule has 1 aliphatic heterocycles. The van der Waals surface area contributed by atoms with Crippen LogP contribution in [0.25, 0.3) is 0 Å². The van der Waals surface area contributed by atoms with Crippen LogP contribution in [0.1, 0.15) is 79.6 Å². The zero-order valence-corrected chi connectivity index (χ0v) is 16.7. The molecule has 0 spiro atoms. The van der Waals surface area contributed by atoms with Crippen LogP contribution in [0.4, 0.5) is 0 Å². The molecule has 0 aromatic carbocycles. The highest BCUT2D eigenvalue weighted by Gasteiger charge is 2.64. The van der Waals surface area contributed by atoms with Gasteiger partial charge in [-0.2, -0.15) is 0 Å². The average Bonchev–Trinajstić information content (AvgIpc) is 2.65. The van der Waals surface area contributed by atoms with Crippen molar-refractivity contribution in [1.29, 1.82) is 0 Å². The Morgan fingerprint density at radius 1 is 1.12 bits per heavy atom. The third kappa shape index (κ3) is 2.89. The monoisotopic (exact) mass is 352 g/mol. The molecule has 0 radical (unpaired) electrons. The van der Waals surface area contributed by atoms with Crippen molar-refractivity contribution in [2.24, 2.45) is 22.2 Å². The van der Waals surface area contributed by atoms with E-state index in [0.717, 1.165) is 32.1 Å². The summed E-state index contributed by atoms with van der Waals surface area (Å²) in [6, 6.07) is 0. The van der Waals surface area contributed by atoms with Crippen LogP contribution in [-0.2, 0) is 14.3 Å². The summed E-state index contributed by atoms with van der Waals surface area (Å²) in [7, 11) is 0. The van der Waals surface area contributed by atoms with Crippen molar-refractivity contribution in [2.45, 2.75) is 91.5 Å². The van der Waals surface area contributed by atoms with Crippen LogP contribution >= 0.6 is 0 Å². The van der Waals surface area contributed by atoms with E-state index < -0.39 is 5.79 Å². The van der Waals surface area contributed by atoms with E-state index in [1.807, 2.05) is 13.8 Å². The molecule has 3 fully saturated rings. The van der Waals surface area contributed by atoms with E-state index in [9.17, 15) is 9.90 Å². The molecular formula is C21H36O4. The van der Waals surface area contributed by atoms with Crippen LogP contribution in [0.15, 0.2) is 0 Å². The number of hydrogen-bond donors (Lipinski definition) is 1. The van der Waals surface area contributed by atoms with Gasteiger partial charge in [0.2, 0.25) is 0 Å². The Balaban J connectivity index is 1.97. The van der Waals surface area contributed by atoms with Crippen LogP contribution in [-0.4, -0.2) is 36.0 Å². The Kier molecular flexibility index (Phi) is 4.88. The van der Waals surface area contributed by atoms with Gasteiger partial charge in [-0.05, 0) is 69.1 Å². The molecule has 0 aromatic rings. The molecule has 1 saturated heterocycles. The zero-order valence-electron chi connectivity index (χ0n) is 16.7. The van der Waals surface area contributed by atoms with Crippen LogP contribution in [0.3, 0.4) is 0 Å². The van der Waals surface area contributed by atoms with E-state index in [4.69, 9.17) is 9.47 Å². The van der Waals surface area contributed by atoms with Gasteiger partial charge < -0.3 is 14.6 Å². The number of Topliss-reactive ketones (excluding diaryl/α,β-unsaturated/α-hetero) is 1. The summed E-state index contributed by atoms with van der Waals surface area (Å²) in [6.45, 7) is 11.8. The molecule has 0 aromatic heterocycles. The Labute approximate surface area is 152 Å². The first-order chi connectivity index (χ1) is 11.6. The lowest BCUT2D eigenvalue weighted by Gasteiger charge is -2.63. The molecule has 25 heavy (non-hydrogen) atoms. The van der Waals surface area contributed by atoms with Gasteiger partial charge in [-0.15, -0.1) is 0 Å². The summed E-state index contributed by atoms with van der Waals surface area (Å²) in [5, 5.41) is 9.36. The second-order valence-electron chi connectivity index (χ2n) is 9.74. The molecule has 2 aliphatic carbocycles. The minimum atomic E-state index is -0.527. The number of carbonyl (C=O) groups excluding carboxylic acids is 1. The fraction of sp³-hybridized carbons (Fsp3) is 0.952. The van der Waals surface area contributed by atoms with Gasteiger partial charge in [0.1, 0.15) is 5.78 Å². The van der Waals surface area contributed by atoms with E-state index >= 15 is 0 Å². The minimum Gasteiger partial charge on any atom is -0.396 e. The van der Waals surface area contributed by atoms with E-state index in [1.54, 1.807) is 0 Å². The van der Waals surface area contributed by atoms with E-state index in [2.05, 4.69) is 20.8 Å². The number of ether oxygens (including phenoxy) is 2. The maximum absolute atomic E-state index is 13.0. The molecule has 0 unspecified atom stereocenters. The molecular weight excluding hydrogens is 316 g/mol. The zero-order chi connectivity index (χ0) is 18.5. The third-order valence-electron chi connectivity index (χ3n) is 8.11. The van der Waals surface area contributed by atoms with Gasteiger partial charge >= 0.3 is 0 Å². The van der Waals surface area contributed by atoms with Gasteiger partial charge in [0.15, 0.2) is 5.79 Å². The fourth-order valence-electron chi connectivity index (χ4n) is 6.35. The molecule has 4 heteroatoms. The Hall–Kier alpha value is -0.450. The lowest BCUT2D eigenvalue weighted by Crippen LogP contribution is -2.62. The van der Waals surface area contributed by atoms with Crippen LogP contribution in [0.5, 0.6) is 0 Å². The van der Waals surface area contributed by atoms with Gasteiger partial charge in [0.05, 0.1) is 12.7 Å². The van der Waals surface area contributed by atoms with E-state index in [0.29, 0.717) is 31.1 Å². The van der Waals surface area contributed by atoms with Crippen LogP contribution < -0.4 is 0 Å². The molecule has 5 atom stereocenters. The summed E-state index contributed by atoms with van der Waals surface area (Å²) in [5.41, 5.74) is -0.322. The van der Waals surface area contributed by atoms with E-state index in [1.165, 1.54) is 0 Å². The molecule has 1 N–H and O–H groups in total. The van der Waals surface area contributed by atoms with Crippen LogP contribution in [0, 0.1) is 22.2 Å². The van der Waals surface area contributed by atoms with Gasteiger partial charge in [-0.1, -0.05) is 20.8 Å². The maximum atomic E-state index is 13.0. The lowest BCUT2D eigenvalue weighted by molar-refractivity contribution is -0.257. The van der Waals surface area contributed by atoms with Crippen LogP contribution in [0.2, 0.25) is 0 Å². The summed E-state index contributed by atoms with van der Waals surface area (Å²) in [4.78, 5) is 13.0. The van der Waals surface area contributed by atoms with Gasteiger partial charge in [-0.25, -0.2) is 0 Å². The third-order valence-corrected chi connectivity index (χ3v) is 8.11. The topological polar surface area (TPSA) is 55.8 Å². The van der Waals surface area contributed by atoms with Gasteiger partial charge in [0, 0.05) is 18.4 Å². The number of fused-ring (bicyclic) bond motifs is 3. The first kappa shape index (κ1) is 19.3. The highest BCUT2D eigenvalue weighted by Crippen LogP contribution is 2.66. The van der Waals surface area contributed by atoms with Crippen molar-refractivity contribution in [3.05, 3.63) is 0 Å². The van der Waals surface area contributed by atoms with E-state index in [-0.39, 0.29) is 29.0 Å². The Bertz CT molecular complexity index is 530. The second-order valence-corrected chi connectivity index (χ2v) is 9.74. The van der Waals surface area contributed by atoms with Crippen molar-refractivity contribution in [3.63, 3.8) is 0 Å². The molecule has 0 amide bonds. The summed E-state index contributed by atoms with van der Waals surface area (Å²) in [5.74, 6) is 0.325. The quantitative estimate of drug-likeness (QED) is 0.831. The minimum absolute atomic E-state index is 0.0272. The van der Waals surface area contributed by atoms with Crippen molar-refractivity contribution < 1.29 is 19.4 Å². The maximum Gasteiger partial charge on any atom is 0.163 e. The first-order valence-electron chi connectivity index (χ1n) is 10.0. The number of aliphatic hydroxyl groups excluding tert-OH is 1. The smallest absolute Gasteiger partial charge is 0.163 e. The van der Waals surface area contributed by atoms with Crippen molar-refractivity contribution in [2.75, 3.05) is 13.2 Å². The highest BCUT2D eigenvalue weighted by atomic mass is 16.7. The number of rotatable bonds is 3. The molecule has 0 bridgehead atoms. The normalized spacial score (nSPS) is 46.9. The lowest BCUT2D eigenvalue weighted by atomic mass is 9.41. The number of ketones is 1. The SMILES string of the molecule is CC1(C)OCC[C@]2(C)[C@H]3CCC(=O)[C@@](C)(CCCO)[C@]3(C)CC[C@H]2O1. The molecule has 1 heterocycles. The Morgan fingerprint density at radius 3 is 2.52 bits per heavy atom. The standard InChI is InChI=1S/C21H36O4/c1-18(2)24-14-12-19(3)15-7-8-16(23)21(5,10-6-13-22)20(15,4)11-9-17(19)25-18/h15,17,22H,6-14H2,1-5H3/t15-,17-,19-,20-,21-/m1/s1. The largest absolute Gasteiger partial charge is 0.396 e. The number of carbonyl (C=O) groups is 1. The molecule has 144 valence electrons. The fourth-order valence-corrected chi connectivity index (χ4v) is 6.35. The average molecular weight is 353 g/mol. The Morgan fingerprint density at radius 2 is 1.84 bits per heavy atom. The van der Waals surface area contributed by atoms with Gasteiger partial charge in [-0.3, -0.25) is 4.79 Å². The number of hydrogen-bond acceptors (Lipinski definition) is 4. The summed E-state index contributed by atoms with van der Waals surface area (Å²) in [6.07, 6.45) is 6.30. The van der Waals surface area contributed by atoms with Gasteiger partial charge in [0.25, 0.3) is 0 Å². The molecule has 3 rings (SSSR count). The first-order valence-corrected chi connectivity index (χ1v) is 10.0. The predicted molar refractivity (Wildman–Crippen MR) is 97.1 cm³/mol. The summed E-state index contributed by atoms with van der Waals surface area (Å²) >= 11 is 0. The predicted octanol–water partition coefficient (Wildman–Crippen LogP) is 4.09. The highest BCUT2D eigenvalue weighted by molar-refractivity contribution is 5.86. The van der Waals surface area contributed by atoms with Crippen molar-refractivity contribution in [1.82, 2.24) is 0 Å². The second kappa shape index (κ2) is 6.31. The summed E-state index contributed by atoms with van der Waals surface area (Å²) < 4.78 is 12.4. The molecule has 2 saturated carbocycles. The molecule has 3 aliphatic rings. The van der Waals surface area contributed by atoms with Crippen molar-refractivity contribution >= 4 is 5.78 Å². The molecule has 4 nitrogen and oxygen atoms in total. The van der Waals surface area contributed by atoms with Crippen molar-refractivity contribution in [3.8, 4) is 0 Å². The number of aliphatic hydroxyl groups is 1.